The molecule has 0 unspecified atom stereocenters. The zero-order chi connectivity index (χ0) is 11.0. The van der Waals surface area contributed by atoms with Gasteiger partial charge >= 0.3 is 0 Å². The number of aromatic nitrogens is 3. The first-order chi connectivity index (χ1) is 7.88. The van der Waals surface area contributed by atoms with E-state index in [0.29, 0.717) is 0 Å². The van der Waals surface area contributed by atoms with Crippen LogP contribution in [0.2, 0.25) is 0 Å². The topological polar surface area (TPSA) is 30.2 Å². The Labute approximate surface area is 101 Å². The van der Waals surface area contributed by atoms with Gasteiger partial charge in [0.25, 0.3) is 0 Å². The third kappa shape index (κ3) is 1.52. The second-order valence-corrected chi connectivity index (χ2v) is 4.98. The van der Waals surface area contributed by atoms with E-state index < -0.39 is 0 Å². The summed E-state index contributed by atoms with van der Waals surface area (Å²) >= 11 is 3.33. The normalized spacial score (nSPS) is 11.1. The molecule has 0 atom stereocenters. The summed E-state index contributed by atoms with van der Waals surface area (Å²) in [4.78, 5) is 10.1. The molecule has 0 aromatic carbocycles. The van der Waals surface area contributed by atoms with Crippen LogP contribution in [0.15, 0.2) is 41.1 Å². The fraction of sp³-hybridized carbons (Fsp3) is 0.0909. The van der Waals surface area contributed by atoms with Crippen molar-refractivity contribution in [3.63, 3.8) is 0 Å². The van der Waals surface area contributed by atoms with Crippen molar-refractivity contribution in [3.8, 4) is 10.6 Å². The number of hydrogen-bond donors (Lipinski definition) is 0. The highest BCUT2D eigenvalue weighted by atomic mass is 32.2. The molecule has 80 valence electrons. The lowest BCUT2D eigenvalue weighted by Gasteiger charge is -2.04. The van der Waals surface area contributed by atoms with Crippen molar-refractivity contribution in [2.45, 2.75) is 5.16 Å². The first kappa shape index (κ1) is 9.86. The second-order valence-electron chi connectivity index (χ2n) is 3.26. The Morgan fingerprint density at radius 2 is 2.38 bits per heavy atom. The van der Waals surface area contributed by atoms with Gasteiger partial charge in [0.2, 0.25) is 0 Å². The summed E-state index contributed by atoms with van der Waals surface area (Å²) in [5.41, 5.74) is 1.95. The van der Waals surface area contributed by atoms with Crippen LogP contribution >= 0.6 is 23.1 Å². The summed E-state index contributed by atoms with van der Waals surface area (Å²) < 4.78 is 2.00. The standard InChI is InChI=1S/C11H9N3S2/c1-15-11-13-8(9-3-2-6-16-9)7-10-12-4-5-14(10)11/h2-7H,1H3. The molecule has 3 heterocycles. The van der Waals surface area contributed by atoms with Gasteiger partial charge in [-0.05, 0) is 17.7 Å². The SMILES string of the molecule is CSc1nc(-c2cccs2)cc2nccn12. The van der Waals surface area contributed by atoms with Gasteiger partial charge in [-0.25, -0.2) is 9.97 Å². The van der Waals surface area contributed by atoms with Crippen LogP contribution in [-0.4, -0.2) is 20.6 Å². The van der Waals surface area contributed by atoms with Gasteiger partial charge in [-0.1, -0.05) is 17.8 Å². The van der Waals surface area contributed by atoms with Crippen molar-refractivity contribution in [1.29, 1.82) is 0 Å². The van der Waals surface area contributed by atoms with Gasteiger partial charge in [0.1, 0.15) is 5.65 Å². The van der Waals surface area contributed by atoms with Crippen molar-refractivity contribution in [2.24, 2.45) is 0 Å². The fourth-order valence-electron chi connectivity index (χ4n) is 1.59. The third-order valence-electron chi connectivity index (χ3n) is 2.31. The van der Waals surface area contributed by atoms with Crippen molar-refractivity contribution >= 4 is 28.7 Å². The van der Waals surface area contributed by atoms with E-state index in [2.05, 4.69) is 21.4 Å². The van der Waals surface area contributed by atoms with Gasteiger partial charge in [-0.2, -0.15) is 0 Å². The molecule has 0 aliphatic heterocycles. The maximum atomic E-state index is 4.63. The van der Waals surface area contributed by atoms with Gasteiger partial charge in [-0.15, -0.1) is 11.3 Å². The Morgan fingerprint density at radius 1 is 1.44 bits per heavy atom. The van der Waals surface area contributed by atoms with Crippen LogP contribution in [0.25, 0.3) is 16.2 Å². The minimum atomic E-state index is 0.947. The fourth-order valence-corrected chi connectivity index (χ4v) is 2.82. The lowest BCUT2D eigenvalue weighted by atomic mass is 10.3. The van der Waals surface area contributed by atoms with Gasteiger partial charge in [-0.3, -0.25) is 4.40 Å². The summed E-state index contributed by atoms with van der Waals surface area (Å²) in [7, 11) is 0. The predicted molar refractivity (Wildman–Crippen MR) is 68.1 cm³/mol. The Morgan fingerprint density at radius 3 is 3.12 bits per heavy atom. The molecule has 0 spiro atoms. The summed E-state index contributed by atoms with van der Waals surface area (Å²) in [6.45, 7) is 0. The summed E-state index contributed by atoms with van der Waals surface area (Å²) in [5, 5.41) is 3.03. The van der Waals surface area contributed by atoms with E-state index in [4.69, 9.17) is 0 Å². The molecular formula is C11H9N3S2. The molecule has 0 radical (unpaired) electrons. The minimum absolute atomic E-state index is 0.947. The Balaban J connectivity index is 2.27. The molecule has 3 aromatic rings. The van der Waals surface area contributed by atoms with E-state index in [9.17, 15) is 0 Å². The molecular weight excluding hydrogens is 238 g/mol. The molecule has 0 aliphatic carbocycles. The van der Waals surface area contributed by atoms with Crippen LogP contribution in [0.1, 0.15) is 0 Å². The zero-order valence-electron chi connectivity index (χ0n) is 8.62. The molecule has 0 amide bonds. The number of rotatable bonds is 2. The highest BCUT2D eigenvalue weighted by Crippen LogP contribution is 2.26. The van der Waals surface area contributed by atoms with Gasteiger partial charge in [0.15, 0.2) is 5.16 Å². The van der Waals surface area contributed by atoms with Crippen molar-refractivity contribution in [2.75, 3.05) is 6.26 Å². The number of nitrogens with zero attached hydrogens (tertiary/aromatic N) is 3. The summed E-state index contributed by atoms with van der Waals surface area (Å²) in [6.07, 6.45) is 5.77. The molecule has 0 saturated heterocycles. The predicted octanol–water partition coefficient (Wildman–Crippen LogP) is 3.18. The Kier molecular flexibility index (Phi) is 2.41. The number of imidazole rings is 1. The van der Waals surface area contributed by atoms with Gasteiger partial charge in [0, 0.05) is 18.5 Å². The highest BCUT2D eigenvalue weighted by molar-refractivity contribution is 7.98. The average molecular weight is 247 g/mol. The first-order valence-electron chi connectivity index (χ1n) is 4.80. The number of hydrogen-bond acceptors (Lipinski definition) is 4. The largest absolute Gasteiger partial charge is 0.279 e. The van der Waals surface area contributed by atoms with E-state index in [-0.39, 0.29) is 0 Å². The molecule has 0 fully saturated rings. The van der Waals surface area contributed by atoms with Crippen LogP contribution in [0.4, 0.5) is 0 Å². The summed E-state index contributed by atoms with van der Waals surface area (Å²) in [5.74, 6) is 0. The first-order valence-corrected chi connectivity index (χ1v) is 6.91. The van der Waals surface area contributed by atoms with Crippen LogP contribution in [-0.2, 0) is 0 Å². The molecule has 16 heavy (non-hydrogen) atoms. The smallest absolute Gasteiger partial charge is 0.174 e. The van der Waals surface area contributed by atoms with E-state index in [1.807, 2.05) is 29.0 Å². The average Bonchev–Trinajstić information content (AvgIpc) is 2.97. The Bertz CT molecular complexity index is 613. The zero-order valence-corrected chi connectivity index (χ0v) is 10.3. The summed E-state index contributed by atoms with van der Waals surface area (Å²) in [6, 6.07) is 6.14. The quantitative estimate of drug-likeness (QED) is 0.514. The lowest BCUT2D eigenvalue weighted by molar-refractivity contribution is 0.911. The number of thiophene rings is 1. The van der Waals surface area contributed by atoms with Crippen molar-refractivity contribution in [1.82, 2.24) is 14.4 Å². The molecule has 5 heteroatoms. The minimum Gasteiger partial charge on any atom is -0.279 e. The van der Waals surface area contributed by atoms with Crippen LogP contribution < -0.4 is 0 Å². The van der Waals surface area contributed by atoms with Crippen molar-refractivity contribution < 1.29 is 0 Å². The second kappa shape index (κ2) is 3.92. The maximum Gasteiger partial charge on any atom is 0.174 e. The molecule has 0 saturated carbocycles. The molecule has 0 N–H and O–H groups in total. The van der Waals surface area contributed by atoms with Crippen LogP contribution in [0.3, 0.4) is 0 Å². The van der Waals surface area contributed by atoms with E-state index in [0.717, 1.165) is 16.5 Å². The maximum absolute atomic E-state index is 4.63. The monoisotopic (exact) mass is 247 g/mol. The molecule has 3 aromatic heterocycles. The molecule has 3 rings (SSSR count). The van der Waals surface area contributed by atoms with Crippen molar-refractivity contribution in [3.05, 3.63) is 36.0 Å². The van der Waals surface area contributed by atoms with Crippen LogP contribution in [0.5, 0.6) is 0 Å². The Hall–Kier alpha value is -1.33. The van der Waals surface area contributed by atoms with Gasteiger partial charge < -0.3 is 0 Å². The molecule has 0 aliphatic rings. The molecule has 0 bridgehead atoms. The highest BCUT2D eigenvalue weighted by Gasteiger charge is 2.07. The number of fused-ring (bicyclic) bond motifs is 1. The van der Waals surface area contributed by atoms with Gasteiger partial charge in [0.05, 0.1) is 10.6 Å². The molecule has 3 nitrogen and oxygen atoms in total. The van der Waals surface area contributed by atoms with E-state index >= 15 is 0 Å². The third-order valence-corrected chi connectivity index (χ3v) is 3.86. The van der Waals surface area contributed by atoms with E-state index in [1.165, 1.54) is 4.88 Å². The number of thioether (sulfide) groups is 1. The van der Waals surface area contributed by atoms with E-state index in [1.54, 1.807) is 29.3 Å². The lowest BCUT2D eigenvalue weighted by Crippen LogP contribution is -1.94. The van der Waals surface area contributed by atoms with Crippen LogP contribution in [0, 0.1) is 0 Å².